The maximum Gasteiger partial charge on any atom is 0.349 e. The number of amides is 1. The summed E-state index contributed by atoms with van der Waals surface area (Å²) in [5, 5.41) is 18.4. The quantitative estimate of drug-likeness (QED) is 0.472. The van der Waals surface area contributed by atoms with Crippen molar-refractivity contribution in [2.45, 2.75) is 20.4 Å². The third-order valence-corrected chi connectivity index (χ3v) is 6.28. The van der Waals surface area contributed by atoms with Crippen LogP contribution in [0.15, 0.2) is 48.5 Å². The maximum atomic E-state index is 12.3. The first-order valence-corrected chi connectivity index (χ1v) is 10.7. The van der Waals surface area contributed by atoms with Gasteiger partial charge in [-0.05, 0) is 36.2 Å². The molecular formula is C23H20ClNO6S. The Morgan fingerprint density at radius 3 is 2.38 bits per heavy atom. The average Bonchev–Trinajstić information content (AvgIpc) is 3.08. The van der Waals surface area contributed by atoms with Gasteiger partial charge in [-0.25, -0.2) is 9.59 Å². The number of carboxylic acid groups (broad SMARTS) is 2. The van der Waals surface area contributed by atoms with Crippen molar-refractivity contribution in [1.29, 1.82) is 0 Å². The van der Waals surface area contributed by atoms with E-state index >= 15 is 0 Å². The van der Waals surface area contributed by atoms with Crippen molar-refractivity contribution >= 4 is 46.5 Å². The highest BCUT2D eigenvalue weighted by atomic mass is 35.5. The molecule has 7 nitrogen and oxygen atoms in total. The number of aromatic carboxylic acids is 1. The highest BCUT2D eigenvalue weighted by Gasteiger charge is 2.25. The van der Waals surface area contributed by atoms with Gasteiger partial charge in [0, 0.05) is 12.6 Å². The Labute approximate surface area is 193 Å². The number of nitrogens with zero attached hydrogens (tertiary/aromatic N) is 1. The van der Waals surface area contributed by atoms with Gasteiger partial charge in [0.1, 0.15) is 5.02 Å². The highest BCUT2D eigenvalue weighted by molar-refractivity contribution is 7.18. The van der Waals surface area contributed by atoms with E-state index in [0.717, 1.165) is 28.2 Å². The molecule has 166 valence electrons. The summed E-state index contributed by atoms with van der Waals surface area (Å²) in [5.74, 6) is -2.79. The van der Waals surface area contributed by atoms with Crippen LogP contribution in [0.1, 0.15) is 27.7 Å². The number of ether oxygens (including phenoxy) is 1. The molecule has 2 aromatic carbocycles. The van der Waals surface area contributed by atoms with E-state index in [9.17, 15) is 19.5 Å². The number of aliphatic carboxylic acids is 1. The van der Waals surface area contributed by atoms with Crippen molar-refractivity contribution in [3.05, 3.63) is 69.6 Å². The Kier molecular flexibility index (Phi) is 7.17. The standard InChI is InChI=1S/C23H20ClNO6S/c1-13-6-8-17(9-7-13)25(14(2)26)11-15-4-3-5-16(10-15)21-19(24)20(31-12-18(27)28)22(32-21)23(29)30/h3-10H,11-12H2,1-2H3,(H,27,28)(H,29,30). The normalized spacial score (nSPS) is 10.6. The number of carbonyl (C=O) groups is 3. The zero-order valence-electron chi connectivity index (χ0n) is 17.3. The Bertz CT molecular complexity index is 1170. The molecule has 3 aromatic rings. The van der Waals surface area contributed by atoms with Gasteiger partial charge in [-0.3, -0.25) is 4.79 Å². The van der Waals surface area contributed by atoms with E-state index < -0.39 is 18.5 Å². The van der Waals surface area contributed by atoms with Gasteiger partial charge in [0.15, 0.2) is 17.2 Å². The lowest BCUT2D eigenvalue weighted by atomic mass is 10.1. The van der Waals surface area contributed by atoms with Crippen molar-refractivity contribution in [1.82, 2.24) is 0 Å². The highest BCUT2D eigenvalue weighted by Crippen LogP contribution is 2.45. The summed E-state index contributed by atoms with van der Waals surface area (Å²) < 4.78 is 5.13. The van der Waals surface area contributed by atoms with Crippen LogP contribution in [-0.2, 0) is 16.1 Å². The summed E-state index contributed by atoms with van der Waals surface area (Å²) in [6.45, 7) is 3.06. The number of carboxylic acids is 2. The number of carbonyl (C=O) groups excluding carboxylic acids is 1. The van der Waals surface area contributed by atoms with Crippen LogP contribution in [0.5, 0.6) is 5.75 Å². The van der Waals surface area contributed by atoms with E-state index in [1.165, 1.54) is 6.92 Å². The molecule has 0 saturated heterocycles. The number of hydrogen-bond acceptors (Lipinski definition) is 5. The monoisotopic (exact) mass is 473 g/mol. The van der Waals surface area contributed by atoms with Crippen molar-refractivity contribution in [2.75, 3.05) is 11.5 Å². The van der Waals surface area contributed by atoms with Crippen LogP contribution in [0, 0.1) is 6.92 Å². The van der Waals surface area contributed by atoms with E-state index in [1.54, 1.807) is 17.0 Å². The summed E-state index contributed by atoms with van der Waals surface area (Å²) >= 11 is 7.28. The molecule has 1 amide bonds. The fourth-order valence-electron chi connectivity index (χ4n) is 3.09. The second kappa shape index (κ2) is 9.84. The van der Waals surface area contributed by atoms with Gasteiger partial charge >= 0.3 is 11.9 Å². The van der Waals surface area contributed by atoms with Gasteiger partial charge in [-0.15, -0.1) is 11.3 Å². The minimum Gasteiger partial charge on any atom is -0.479 e. The minimum absolute atomic E-state index is 0.0350. The van der Waals surface area contributed by atoms with Crippen molar-refractivity contribution in [2.24, 2.45) is 0 Å². The second-order valence-electron chi connectivity index (χ2n) is 7.03. The summed E-state index contributed by atoms with van der Waals surface area (Å²) in [4.78, 5) is 36.6. The summed E-state index contributed by atoms with van der Waals surface area (Å²) in [6, 6.07) is 14.8. The van der Waals surface area contributed by atoms with Crippen LogP contribution in [0.2, 0.25) is 5.02 Å². The van der Waals surface area contributed by atoms with Gasteiger partial charge in [-0.1, -0.05) is 47.5 Å². The first kappa shape index (κ1) is 23.3. The van der Waals surface area contributed by atoms with E-state index in [4.69, 9.17) is 21.4 Å². The fourth-order valence-corrected chi connectivity index (χ4v) is 4.49. The third kappa shape index (κ3) is 5.27. The molecule has 0 aliphatic carbocycles. The topological polar surface area (TPSA) is 104 Å². The molecule has 9 heteroatoms. The third-order valence-electron chi connectivity index (χ3n) is 4.60. The number of benzene rings is 2. The van der Waals surface area contributed by atoms with Gasteiger partial charge in [0.2, 0.25) is 5.91 Å². The predicted molar refractivity (Wildman–Crippen MR) is 123 cm³/mol. The molecule has 3 rings (SSSR count). The minimum atomic E-state index is -1.26. The lowest BCUT2D eigenvalue weighted by Gasteiger charge is -2.22. The Morgan fingerprint density at radius 1 is 1.09 bits per heavy atom. The van der Waals surface area contributed by atoms with Crippen molar-refractivity contribution in [3.63, 3.8) is 0 Å². The van der Waals surface area contributed by atoms with Crippen molar-refractivity contribution < 1.29 is 29.3 Å². The molecule has 32 heavy (non-hydrogen) atoms. The van der Waals surface area contributed by atoms with Crippen LogP contribution in [0.25, 0.3) is 10.4 Å². The molecular weight excluding hydrogens is 454 g/mol. The Hall–Kier alpha value is -3.36. The van der Waals surface area contributed by atoms with Crippen LogP contribution in [0.3, 0.4) is 0 Å². The Balaban J connectivity index is 1.95. The second-order valence-corrected chi connectivity index (χ2v) is 8.43. The zero-order chi connectivity index (χ0) is 23.4. The van der Waals surface area contributed by atoms with Crippen LogP contribution in [0.4, 0.5) is 5.69 Å². The molecule has 0 aliphatic rings. The van der Waals surface area contributed by atoms with Crippen LogP contribution < -0.4 is 9.64 Å². The molecule has 0 unspecified atom stereocenters. The lowest BCUT2D eigenvalue weighted by Crippen LogP contribution is -2.27. The molecule has 0 aliphatic heterocycles. The lowest BCUT2D eigenvalue weighted by molar-refractivity contribution is -0.139. The van der Waals surface area contributed by atoms with Gasteiger partial charge in [-0.2, -0.15) is 0 Å². The molecule has 0 atom stereocenters. The number of aryl methyl sites for hydroxylation is 1. The molecule has 0 bridgehead atoms. The first-order valence-electron chi connectivity index (χ1n) is 9.51. The molecule has 0 fully saturated rings. The Morgan fingerprint density at radius 2 is 1.78 bits per heavy atom. The molecule has 1 heterocycles. The number of anilines is 1. The van der Waals surface area contributed by atoms with E-state index in [1.807, 2.05) is 43.3 Å². The van der Waals surface area contributed by atoms with Gasteiger partial charge < -0.3 is 19.8 Å². The molecule has 0 saturated carbocycles. The maximum absolute atomic E-state index is 12.3. The molecule has 1 aromatic heterocycles. The average molecular weight is 474 g/mol. The number of hydrogen-bond donors (Lipinski definition) is 2. The number of thiophene rings is 1. The van der Waals surface area contributed by atoms with E-state index in [0.29, 0.717) is 17.0 Å². The smallest absolute Gasteiger partial charge is 0.349 e. The summed E-state index contributed by atoms with van der Waals surface area (Å²) in [7, 11) is 0. The van der Waals surface area contributed by atoms with Crippen molar-refractivity contribution in [3.8, 4) is 16.2 Å². The zero-order valence-corrected chi connectivity index (χ0v) is 18.9. The molecule has 2 N–H and O–H groups in total. The SMILES string of the molecule is CC(=O)N(Cc1cccc(-c2sc(C(=O)O)c(OCC(=O)O)c2Cl)c1)c1ccc(C)cc1. The number of halogens is 1. The van der Waals surface area contributed by atoms with E-state index in [2.05, 4.69) is 0 Å². The summed E-state index contributed by atoms with van der Waals surface area (Å²) in [5.41, 5.74) is 3.30. The van der Waals surface area contributed by atoms with Gasteiger partial charge in [0.25, 0.3) is 0 Å². The molecule has 0 radical (unpaired) electrons. The summed E-state index contributed by atoms with van der Waals surface area (Å²) in [6.07, 6.45) is 0. The first-order chi connectivity index (χ1) is 15.2. The van der Waals surface area contributed by atoms with Crippen LogP contribution in [-0.4, -0.2) is 34.7 Å². The van der Waals surface area contributed by atoms with Gasteiger partial charge in [0.05, 0.1) is 11.4 Å². The fraction of sp³-hybridized carbons (Fsp3) is 0.174. The largest absolute Gasteiger partial charge is 0.479 e. The van der Waals surface area contributed by atoms with E-state index in [-0.39, 0.29) is 21.6 Å². The predicted octanol–water partition coefficient (Wildman–Crippen LogP) is 5.09. The molecule has 0 spiro atoms. The van der Waals surface area contributed by atoms with Crippen LogP contribution >= 0.6 is 22.9 Å². The number of rotatable bonds is 8.